The highest BCUT2D eigenvalue weighted by Gasteiger charge is 2.22. The van der Waals surface area contributed by atoms with Crippen LogP contribution in [0.3, 0.4) is 0 Å². The summed E-state index contributed by atoms with van der Waals surface area (Å²) in [5.41, 5.74) is 3.84. The van der Waals surface area contributed by atoms with Gasteiger partial charge in [0.2, 0.25) is 11.8 Å². The Morgan fingerprint density at radius 3 is 2.74 bits per heavy atom. The van der Waals surface area contributed by atoms with E-state index in [4.69, 9.17) is 9.72 Å². The number of benzene rings is 1. The number of aliphatic imine (C=N–C) groups is 1. The van der Waals surface area contributed by atoms with Gasteiger partial charge in [-0.05, 0) is 50.6 Å². The van der Waals surface area contributed by atoms with E-state index in [1.54, 1.807) is 12.1 Å². The summed E-state index contributed by atoms with van der Waals surface area (Å²) in [4.78, 5) is 18.3. The van der Waals surface area contributed by atoms with Crippen LogP contribution in [0.25, 0.3) is 6.08 Å². The van der Waals surface area contributed by atoms with Crippen LogP contribution >= 0.6 is 0 Å². The number of piperazine rings is 1. The molecule has 0 spiro atoms. The molecule has 1 aromatic heterocycles. The number of rotatable bonds is 5. The molecule has 176 valence electrons. The summed E-state index contributed by atoms with van der Waals surface area (Å²) in [5, 5.41) is 3.27. The molecule has 3 heterocycles. The van der Waals surface area contributed by atoms with E-state index in [0.717, 1.165) is 55.1 Å². The number of halogens is 1. The van der Waals surface area contributed by atoms with E-state index in [0.29, 0.717) is 29.8 Å². The number of anilines is 2. The Kier molecular flexibility index (Phi) is 6.15. The Hall–Kier alpha value is -3.52. The summed E-state index contributed by atoms with van der Waals surface area (Å²) >= 11 is 0. The summed E-state index contributed by atoms with van der Waals surface area (Å²) < 4.78 is 21.2. The van der Waals surface area contributed by atoms with Gasteiger partial charge in [0.1, 0.15) is 11.7 Å². The summed E-state index contributed by atoms with van der Waals surface area (Å²) in [6.07, 6.45) is 8.68. The molecule has 1 aliphatic carbocycles. The third kappa shape index (κ3) is 4.72. The lowest BCUT2D eigenvalue weighted by Crippen LogP contribution is -2.45. The van der Waals surface area contributed by atoms with Gasteiger partial charge in [-0.15, -0.1) is 0 Å². The second kappa shape index (κ2) is 9.38. The van der Waals surface area contributed by atoms with Crippen LogP contribution in [-0.2, 0) is 6.42 Å². The minimum absolute atomic E-state index is 0.159. The maximum Gasteiger partial charge on any atom is 0.230 e. The fourth-order valence-electron chi connectivity index (χ4n) is 4.35. The molecule has 2 aromatic rings. The Labute approximate surface area is 199 Å². The van der Waals surface area contributed by atoms with Gasteiger partial charge < -0.3 is 19.9 Å². The summed E-state index contributed by atoms with van der Waals surface area (Å²) in [7, 11) is 2.10. The van der Waals surface area contributed by atoms with Gasteiger partial charge in [-0.2, -0.15) is 9.97 Å². The smallest absolute Gasteiger partial charge is 0.230 e. The lowest BCUT2D eigenvalue weighted by molar-refractivity contribution is 0.310. The first-order chi connectivity index (χ1) is 16.5. The van der Waals surface area contributed by atoms with Gasteiger partial charge in [-0.1, -0.05) is 29.9 Å². The number of hydrogen-bond acceptors (Lipinski definition) is 7. The maximum absolute atomic E-state index is 15.2. The first kappa shape index (κ1) is 22.3. The van der Waals surface area contributed by atoms with Crippen LogP contribution in [0.1, 0.15) is 25.0 Å². The minimum Gasteiger partial charge on any atom is -0.436 e. The lowest BCUT2D eigenvalue weighted by Gasteiger charge is -2.32. The average Bonchev–Trinajstić information content (AvgIpc) is 3.42. The number of allylic oxidation sites excluding steroid dienone is 2. The molecule has 0 bridgehead atoms. The van der Waals surface area contributed by atoms with Crippen molar-refractivity contribution >= 4 is 23.7 Å². The van der Waals surface area contributed by atoms with Crippen molar-refractivity contribution in [1.29, 1.82) is 0 Å². The molecule has 7 nitrogen and oxygen atoms in total. The van der Waals surface area contributed by atoms with Crippen molar-refractivity contribution < 1.29 is 9.13 Å². The van der Waals surface area contributed by atoms with E-state index in [9.17, 15) is 0 Å². The molecular weight excluding hydrogens is 431 g/mol. The normalized spacial score (nSPS) is 18.1. The zero-order valence-electron chi connectivity index (χ0n) is 19.8. The van der Waals surface area contributed by atoms with E-state index < -0.39 is 0 Å². The Morgan fingerprint density at radius 2 is 1.94 bits per heavy atom. The number of fused-ring (bicyclic) bond motifs is 1. The molecule has 0 saturated carbocycles. The van der Waals surface area contributed by atoms with Crippen LogP contribution in [0.5, 0.6) is 11.6 Å². The van der Waals surface area contributed by atoms with Crippen LogP contribution in [0.2, 0.25) is 0 Å². The number of nitrogens with one attached hydrogen (secondary N) is 1. The molecule has 0 radical (unpaired) electrons. The zero-order chi connectivity index (χ0) is 23.7. The molecule has 0 unspecified atom stereocenters. The molecule has 1 aromatic carbocycles. The largest absolute Gasteiger partial charge is 0.436 e. The number of likely N-dealkylation sites (N-methyl/N-ethyl adjacent to an activating group) is 1. The van der Waals surface area contributed by atoms with E-state index in [1.807, 2.05) is 44.2 Å². The highest BCUT2D eigenvalue weighted by atomic mass is 19.1. The molecule has 3 aliphatic rings. The molecule has 34 heavy (non-hydrogen) atoms. The van der Waals surface area contributed by atoms with Crippen LogP contribution in [-0.4, -0.2) is 60.5 Å². The zero-order valence-corrected chi connectivity index (χ0v) is 19.8. The summed E-state index contributed by atoms with van der Waals surface area (Å²) in [5.74, 6) is 1.94. The molecule has 1 fully saturated rings. The topological polar surface area (TPSA) is 65.9 Å². The van der Waals surface area contributed by atoms with Crippen molar-refractivity contribution in [2.75, 3.05) is 50.0 Å². The van der Waals surface area contributed by atoms with E-state index in [-0.39, 0.29) is 11.6 Å². The third-order valence-electron chi connectivity index (χ3n) is 6.18. The quantitative estimate of drug-likeness (QED) is 0.712. The van der Waals surface area contributed by atoms with Crippen LogP contribution < -0.4 is 15.0 Å². The van der Waals surface area contributed by atoms with Gasteiger partial charge in [-0.3, -0.25) is 4.99 Å². The average molecular weight is 461 g/mol. The Bertz CT molecular complexity index is 1220. The molecule has 1 N–H and O–H groups in total. The fourth-order valence-corrected chi connectivity index (χ4v) is 4.35. The van der Waals surface area contributed by atoms with Crippen molar-refractivity contribution in [3.63, 3.8) is 0 Å². The highest BCUT2D eigenvalue weighted by molar-refractivity contribution is 6.05. The first-order valence-corrected chi connectivity index (χ1v) is 11.6. The number of nitrogens with zero attached hydrogens (tertiary/aromatic N) is 5. The van der Waals surface area contributed by atoms with Gasteiger partial charge in [-0.25, -0.2) is 4.39 Å². The third-order valence-corrected chi connectivity index (χ3v) is 6.18. The van der Waals surface area contributed by atoms with Gasteiger partial charge in [0.25, 0.3) is 0 Å². The maximum atomic E-state index is 15.2. The molecule has 2 aliphatic heterocycles. The number of ether oxygens (including phenoxy) is 1. The first-order valence-electron chi connectivity index (χ1n) is 11.6. The number of aromatic nitrogens is 2. The molecule has 1 saturated heterocycles. The molecule has 0 atom stereocenters. The molecule has 8 heteroatoms. The van der Waals surface area contributed by atoms with Crippen molar-refractivity contribution in [3.05, 3.63) is 64.5 Å². The SMILES string of the molecule is C/C=C/C1=CC(Nc2cc(Oc3ccc4c(c3F)C=C(C)C4)nc(N3CCN(C)CC3)n2)=NC1. The standard InChI is InChI=1S/C26H29FN6O/c1-4-5-18-14-22(28-16-18)29-23-15-24(31-26(30-23)33-10-8-32(3)9-11-33)34-21-7-6-19-12-17(2)13-20(19)25(21)27/h4-7,13-15H,8-12,16H2,1-3H3,(H,28,29,30,31)/b5-4+. The van der Waals surface area contributed by atoms with E-state index >= 15 is 4.39 Å². The van der Waals surface area contributed by atoms with Crippen molar-refractivity contribution in [2.45, 2.75) is 20.3 Å². The van der Waals surface area contributed by atoms with E-state index in [2.05, 4.69) is 32.1 Å². The predicted octanol–water partition coefficient (Wildman–Crippen LogP) is 4.45. The minimum atomic E-state index is -0.359. The van der Waals surface area contributed by atoms with Gasteiger partial charge in [0, 0.05) is 37.8 Å². The predicted molar refractivity (Wildman–Crippen MR) is 134 cm³/mol. The summed E-state index contributed by atoms with van der Waals surface area (Å²) in [6.45, 7) is 8.07. The lowest BCUT2D eigenvalue weighted by atomic mass is 10.1. The summed E-state index contributed by atoms with van der Waals surface area (Å²) in [6, 6.07) is 5.29. The van der Waals surface area contributed by atoms with Crippen LogP contribution in [0, 0.1) is 5.82 Å². The van der Waals surface area contributed by atoms with Gasteiger partial charge in [0.05, 0.1) is 6.54 Å². The van der Waals surface area contributed by atoms with Crippen LogP contribution in [0.4, 0.5) is 16.2 Å². The van der Waals surface area contributed by atoms with Crippen molar-refractivity contribution in [3.8, 4) is 11.6 Å². The van der Waals surface area contributed by atoms with Crippen LogP contribution in [0.15, 0.2) is 52.6 Å². The second-order valence-corrected chi connectivity index (χ2v) is 8.95. The highest BCUT2D eigenvalue weighted by Crippen LogP contribution is 2.34. The fraction of sp³-hybridized carbons (Fsp3) is 0.346. The monoisotopic (exact) mass is 460 g/mol. The Morgan fingerprint density at radius 1 is 1.12 bits per heavy atom. The van der Waals surface area contributed by atoms with Gasteiger partial charge in [0.15, 0.2) is 11.6 Å². The van der Waals surface area contributed by atoms with E-state index in [1.165, 1.54) is 0 Å². The molecular formula is C26H29FN6O. The number of hydrogen-bond donors (Lipinski definition) is 1. The molecule has 5 rings (SSSR count). The second-order valence-electron chi connectivity index (χ2n) is 8.95. The Balaban J connectivity index is 1.45. The van der Waals surface area contributed by atoms with Gasteiger partial charge >= 0.3 is 0 Å². The van der Waals surface area contributed by atoms with Crippen molar-refractivity contribution in [1.82, 2.24) is 14.9 Å². The molecule has 0 amide bonds. The number of amidine groups is 1. The van der Waals surface area contributed by atoms with Crippen molar-refractivity contribution in [2.24, 2.45) is 4.99 Å².